The fourth-order valence-electron chi connectivity index (χ4n) is 2.68. The lowest BCUT2D eigenvalue weighted by Gasteiger charge is -2.14. The van der Waals surface area contributed by atoms with Crippen molar-refractivity contribution in [1.29, 1.82) is 0 Å². The number of hydrogen-bond acceptors (Lipinski definition) is 5. The molecule has 0 radical (unpaired) electrons. The third-order valence-electron chi connectivity index (χ3n) is 4.29. The molecule has 0 atom stereocenters. The highest BCUT2D eigenvalue weighted by Crippen LogP contribution is 2.37. The lowest BCUT2D eigenvalue weighted by atomic mass is 10.2. The van der Waals surface area contributed by atoms with E-state index in [1.165, 1.54) is 37.6 Å². The summed E-state index contributed by atoms with van der Waals surface area (Å²) >= 11 is 9.60. The van der Waals surface area contributed by atoms with E-state index < -0.39 is 17.6 Å². The van der Waals surface area contributed by atoms with Gasteiger partial charge in [-0.25, -0.2) is 9.82 Å². The van der Waals surface area contributed by atoms with Crippen LogP contribution in [0.1, 0.15) is 11.1 Å². The highest BCUT2D eigenvalue weighted by Gasteiger charge is 2.15. The van der Waals surface area contributed by atoms with Gasteiger partial charge in [-0.05, 0) is 51.8 Å². The highest BCUT2D eigenvalue weighted by molar-refractivity contribution is 9.10. The largest absolute Gasteiger partial charge is 0.493 e. The number of carbonyl (C=O) groups is 2. The van der Waals surface area contributed by atoms with Crippen molar-refractivity contribution < 1.29 is 23.5 Å². The third kappa shape index (κ3) is 6.53. The zero-order valence-electron chi connectivity index (χ0n) is 17.3. The van der Waals surface area contributed by atoms with Gasteiger partial charge in [0.2, 0.25) is 0 Å². The van der Waals surface area contributed by atoms with Gasteiger partial charge in [-0.15, -0.1) is 0 Å². The molecule has 0 aliphatic rings. The van der Waals surface area contributed by atoms with Gasteiger partial charge < -0.3 is 14.8 Å². The lowest BCUT2D eigenvalue weighted by molar-refractivity contribution is -0.136. The maximum Gasteiger partial charge on any atom is 0.329 e. The van der Waals surface area contributed by atoms with Crippen LogP contribution in [0.25, 0.3) is 0 Å². The molecule has 0 heterocycles. The van der Waals surface area contributed by atoms with E-state index in [4.69, 9.17) is 21.1 Å². The van der Waals surface area contributed by atoms with Crippen LogP contribution in [0, 0.1) is 5.82 Å². The van der Waals surface area contributed by atoms with Gasteiger partial charge in [-0.3, -0.25) is 9.59 Å². The number of rotatable bonds is 7. The summed E-state index contributed by atoms with van der Waals surface area (Å²) in [5, 5.41) is 6.52. The lowest BCUT2D eigenvalue weighted by Crippen LogP contribution is -2.32. The second-order valence-corrected chi connectivity index (χ2v) is 7.81. The van der Waals surface area contributed by atoms with Crippen LogP contribution in [0.2, 0.25) is 5.02 Å². The Balaban J connectivity index is 1.64. The summed E-state index contributed by atoms with van der Waals surface area (Å²) in [5.74, 6) is -1.89. The van der Waals surface area contributed by atoms with Gasteiger partial charge in [0.25, 0.3) is 0 Å². The van der Waals surface area contributed by atoms with Gasteiger partial charge in [0.1, 0.15) is 12.4 Å². The number of hydrogen-bond donors (Lipinski definition) is 2. The molecule has 10 heteroatoms. The molecule has 0 aromatic heterocycles. The highest BCUT2D eigenvalue weighted by atomic mass is 79.9. The maximum atomic E-state index is 13.6. The van der Waals surface area contributed by atoms with Gasteiger partial charge in [0.05, 0.1) is 23.5 Å². The number of nitrogens with zero attached hydrogens (tertiary/aromatic N) is 1. The van der Waals surface area contributed by atoms with Crippen LogP contribution in [-0.2, 0) is 16.2 Å². The van der Waals surface area contributed by atoms with Crippen LogP contribution in [0.3, 0.4) is 0 Å². The van der Waals surface area contributed by atoms with Crippen LogP contribution < -0.4 is 20.2 Å². The van der Waals surface area contributed by atoms with Crippen molar-refractivity contribution in [3.63, 3.8) is 0 Å². The van der Waals surface area contributed by atoms with E-state index in [0.29, 0.717) is 26.6 Å². The van der Waals surface area contributed by atoms with Gasteiger partial charge in [-0.2, -0.15) is 5.10 Å². The Kier molecular flexibility index (Phi) is 8.39. The number of ether oxygens (including phenoxy) is 2. The monoisotopic (exact) mass is 533 g/mol. The number of benzene rings is 3. The molecule has 0 saturated heterocycles. The van der Waals surface area contributed by atoms with E-state index in [2.05, 4.69) is 31.8 Å². The Hall–Kier alpha value is -3.43. The standard InChI is InChI=1S/C23H18BrClFN3O4/c1-32-20-11-14(10-16(24)21(20)33-13-15-6-2-3-7-17(15)25)12-27-29-23(31)22(30)28-19-9-5-4-8-18(19)26/h2-12H,13H2,1H3,(H,28,30)(H,29,31)/b27-12+. The summed E-state index contributed by atoms with van der Waals surface area (Å²) < 4.78 is 25.4. The Labute approximate surface area is 202 Å². The minimum atomic E-state index is -1.06. The topological polar surface area (TPSA) is 89.0 Å². The first-order valence-corrected chi connectivity index (χ1v) is 10.7. The fraction of sp³-hybridized carbons (Fsp3) is 0.0870. The third-order valence-corrected chi connectivity index (χ3v) is 5.25. The van der Waals surface area contributed by atoms with Crippen molar-refractivity contribution >= 4 is 51.2 Å². The predicted octanol–water partition coefficient (Wildman–Crippen LogP) is 4.92. The van der Waals surface area contributed by atoms with Crippen molar-refractivity contribution in [2.75, 3.05) is 12.4 Å². The summed E-state index contributed by atoms with van der Waals surface area (Å²) in [6.07, 6.45) is 1.32. The minimum absolute atomic E-state index is 0.109. The van der Waals surface area contributed by atoms with Gasteiger partial charge in [0.15, 0.2) is 11.5 Å². The van der Waals surface area contributed by atoms with Crippen LogP contribution in [0.4, 0.5) is 10.1 Å². The number of anilines is 1. The normalized spacial score (nSPS) is 10.7. The average molecular weight is 535 g/mol. The molecule has 3 rings (SSSR count). The zero-order chi connectivity index (χ0) is 23.8. The Morgan fingerprint density at radius 3 is 2.58 bits per heavy atom. The van der Waals surface area contributed by atoms with E-state index in [0.717, 1.165) is 5.56 Å². The van der Waals surface area contributed by atoms with Gasteiger partial charge in [0, 0.05) is 10.6 Å². The molecule has 2 amide bonds. The molecule has 3 aromatic carbocycles. The van der Waals surface area contributed by atoms with Crippen molar-refractivity contribution in [3.05, 3.63) is 87.1 Å². The second kappa shape index (κ2) is 11.4. The van der Waals surface area contributed by atoms with Crippen LogP contribution in [-0.4, -0.2) is 25.1 Å². The van der Waals surface area contributed by atoms with Crippen LogP contribution in [0.15, 0.2) is 70.2 Å². The van der Waals surface area contributed by atoms with E-state index in [-0.39, 0.29) is 12.3 Å². The first-order chi connectivity index (χ1) is 15.9. The number of para-hydroxylation sites is 1. The molecule has 0 saturated carbocycles. The molecule has 0 fully saturated rings. The van der Waals surface area contributed by atoms with E-state index >= 15 is 0 Å². The van der Waals surface area contributed by atoms with E-state index in [1.54, 1.807) is 18.2 Å². The molecule has 3 aromatic rings. The maximum absolute atomic E-state index is 13.6. The average Bonchev–Trinajstić information content (AvgIpc) is 2.80. The molecule has 0 aliphatic carbocycles. The molecule has 0 aliphatic heterocycles. The van der Waals surface area contributed by atoms with Gasteiger partial charge in [-0.1, -0.05) is 41.9 Å². The van der Waals surface area contributed by atoms with Crippen molar-refractivity contribution in [2.45, 2.75) is 6.61 Å². The number of hydrazone groups is 1. The van der Waals surface area contributed by atoms with Gasteiger partial charge >= 0.3 is 11.8 Å². The first-order valence-electron chi connectivity index (χ1n) is 9.51. The quantitative estimate of drug-likeness (QED) is 0.256. The zero-order valence-corrected chi connectivity index (χ0v) is 19.6. The molecule has 33 heavy (non-hydrogen) atoms. The van der Waals surface area contributed by atoms with E-state index in [9.17, 15) is 14.0 Å². The summed E-state index contributed by atoms with van der Waals surface area (Å²) in [6, 6.07) is 16.2. The smallest absolute Gasteiger partial charge is 0.329 e. The number of nitrogens with one attached hydrogen (secondary N) is 2. The van der Waals surface area contributed by atoms with Crippen LogP contribution in [0.5, 0.6) is 11.5 Å². The first kappa shape index (κ1) is 24.2. The summed E-state index contributed by atoms with van der Waals surface area (Å²) in [6.45, 7) is 0.231. The van der Waals surface area contributed by atoms with Crippen LogP contribution >= 0.6 is 27.5 Å². The predicted molar refractivity (Wildman–Crippen MR) is 127 cm³/mol. The Bertz CT molecular complexity index is 1210. The molecule has 7 nitrogen and oxygen atoms in total. The summed E-state index contributed by atoms with van der Waals surface area (Å²) in [7, 11) is 1.49. The molecule has 0 bridgehead atoms. The number of halogens is 3. The SMILES string of the molecule is COc1cc(/C=N/NC(=O)C(=O)Nc2ccccc2F)cc(Br)c1OCc1ccccc1Cl. The second-order valence-electron chi connectivity index (χ2n) is 6.55. The minimum Gasteiger partial charge on any atom is -0.493 e. The number of amides is 2. The molecule has 0 spiro atoms. The Morgan fingerprint density at radius 1 is 1.12 bits per heavy atom. The molecular formula is C23H18BrClFN3O4. The number of carbonyl (C=O) groups excluding carboxylic acids is 2. The molecule has 2 N–H and O–H groups in total. The van der Waals surface area contributed by atoms with Crippen molar-refractivity contribution in [3.8, 4) is 11.5 Å². The molecule has 0 unspecified atom stereocenters. The number of methoxy groups -OCH3 is 1. The molecule has 170 valence electrons. The van der Waals surface area contributed by atoms with Crippen molar-refractivity contribution in [2.24, 2.45) is 5.10 Å². The Morgan fingerprint density at radius 2 is 1.85 bits per heavy atom. The van der Waals surface area contributed by atoms with Crippen molar-refractivity contribution in [1.82, 2.24) is 5.43 Å². The van der Waals surface area contributed by atoms with E-state index in [1.807, 2.05) is 18.2 Å². The summed E-state index contributed by atoms with van der Waals surface area (Å²) in [5.41, 5.74) is 3.35. The fourth-order valence-corrected chi connectivity index (χ4v) is 3.44. The molecular weight excluding hydrogens is 517 g/mol. The summed E-state index contributed by atoms with van der Waals surface area (Å²) in [4.78, 5) is 23.8.